The lowest BCUT2D eigenvalue weighted by atomic mass is 10.2. The Morgan fingerprint density at radius 1 is 1.29 bits per heavy atom. The van der Waals surface area contributed by atoms with Crippen molar-refractivity contribution in [1.82, 2.24) is 0 Å². The fraction of sp³-hybridized carbons (Fsp3) is 0.188. The van der Waals surface area contributed by atoms with Crippen LogP contribution in [0.25, 0.3) is 0 Å². The quantitative estimate of drug-likeness (QED) is 0.827. The summed E-state index contributed by atoms with van der Waals surface area (Å²) < 4.78 is 5.46. The van der Waals surface area contributed by atoms with Gasteiger partial charge in [0.2, 0.25) is 5.91 Å². The number of para-hydroxylation sites is 1. The maximum absolute atomic E-state index is 11.8. The molecular weight excluding hydrogens is 290 g/mol. The molecule has 2 aromatic carbocycles. The van der Waals surface area contributed by atoms with Crippen LogP contribution >= 0.6 is 11.6 Å². The number of ether oxygens (including phenoxy) is 1. The minimum Gasteiger partial charge on any atom is -0.508 e. The van der Waals surface area contributed by atoms with Gasteiger partial charge in [-0.15, -0.1) is 0 Å². The SMILES string of the molecule is Cc1cc(O)ccc1NC(=O)CCOc1ccccc1Cl. The highest BCUT2D eigenvalue weighted by Gasteiger charge is 2.06. The third-order valence-electron chi connectivity index (χ3n) is 2.91. The topological polar surface area (TPSA) is 58.6 Å². The zero-order valence-electron chi connectivity index (χ0n) is 11.6. The predicted octanol–water partition coefficient (Wildman–Crippen LogP) is 3.76. The fourth-order valence-electron chi connectivity index (χ4n) is 1.82. The van der Waals surface area contributed by atoms with E-state index in [1.54, 1.807) is 24.3 Å². The summed E-state index contributed by atoms with van der Waals surface area (Å²) in [6.07, 6.45) is 0.214. The summed E-state index contributed by atoms with van der Waals surface area (Å²) in [5, 5.41) is 12.6. The average molecular weight is 306 g/mol. The molecule has 0 fully saturated rings. The zero-order chi connectivity index (χ0) is 15.2. The maximum atomic E-state index is 11.8. The number of phenols is 1. The Hall–Kier alpha value is -2.20. The second-order valence-corrected chi connectivity index (χ2v) is 4.98. The smallest absolute Gasteiger partial charge is 0.227 e. The first-order valence-corrected chi connectivity index (χ1v) is 6.91. The number of aromatic hydroxyl groups is 1. The van der Waals surface area contributed by atoms with Crippen molar-refractivity contribution in [2.24, 2.45) is 0 Å². The molecule has 0 aromatic heterocycles. The molecule has 1 amide bonds. The van der Waals surface area contributed by atoms with Gasteiger partial charge in [-0.25, -0.2) is 0 Å². The van der Waals surface area contributed by atoms with Gasteiger partial charge in [-0.2, -0.15) is 0 Å². The molecule has 0 saturated heterocycles. The van der Waals surface area contributed by atoms with Gasteiger partial charge < -0.3 is 15.2 Å². The average Bonchev–Trinajstić information content (AvgIpc) is 2.44. The van der Waals surface area contributed by atoms with Crippen LogP contribution in [0.4, 0.5) is 5.69 Å². The van der Waals surface area contributed by atoms with Crippen LogP contribution in [0.3, 0.4) is 0 Å². The molecule has 0 spiro atoms. The summed E-state index contributed by atoms with van der Waals surface area (Å²) in [6, 6.07) is 11.9. The van der Waals surface area contributed by atoms with E-state index in [1.807, 2.05) is 19.1 Å². The molecular formula is C16H16ClNO3. The minimum absolute atomic E-state index is 0.157. The largest absolute Gasteiger partial charge is 0.508 e. The van der Waals surface area contributed by atoms with E-state index in [1.165, 1.54) is 6.07 Å². The van der Waals surface area contributed by atoms with E-state index in [0.29, 0.717) is 16.5 Å². The van der Waals surface area contributed by atoms with Crippen LogP contribution < -0.4 is 10.1 Å². The van der Waals surface area contributed by atoms with Crippen LogP contribution in [-0.2, 0) is 4.79 Å². The van der Waals surface area contributed by atoms with E-state index < -0.39 is 0 Å². The van der Waals surface area contributed by atoms with Gasteiger partial charge in [0.05, 0.1) is 18.1 Å². The second kappa shape index (κ2) is 6.99. The molecule has 0 aliphatic rings. The van der Waals surface area contributed by atoms with Gasteiger partial charge in [0.1, 0.15) is 11.5 Å². The number of phenolic OH excluding ortho intramolecular Hbond substituents is 1. The van der Waals surface area contributed by atoms with Crippen LogP contribution in [0.5, 0.6) is 11.5 Å². The van der Waals surface area contributed by atoms with E-state index in [0.717, 1.165) is 5.56 Å². The summed E-state index contributed by atoms with van der Waals surface area (Å²) in [6.45, 7) is 2.06. The number of aryl methyl sites for hydroxylation is 1. The van der Waals surface area contributed by atoms with E-state index >= 15 is 0 Å². The number of halogens is 1. The number of nitrogens with one attached hydrogen (secondary N) is 1. The van der Waals surface area contributed by atoms with Gasteiger partial charge in [-0.05, 0) is 42.8 Å². The highest BCUT2D eigenvalue weighted by Crippen LogP contribution is 2.23. The summed E-state index contributed by atoms with van der Waals surface area (Å²) in [5.74, 6) is 0.580. The first kappa shape index (κ1) is 15.2. The van der Waals surface area contributed by atoms with Crippen molar-refractivity contribution in [1.29, 1.82) is 0 Å². The first-order chi connectivity index (χ1) is 10.1. The van der Waals surface area contributed by atoms with E-state index in [4.69, 9.17) is 16.3 Å². The Kier molecular flexibility index (Phi) is 5.06. The van der Waals surface area contributed by atoms with Gasteiger partial charge in [-0.3, -0.25) is 4.79 Å². The van der Waals surface area contributed by atoms with Crippen molar-refractivity contribution < 1.29 is 14.6 Å². The van der Waals surface area contributed by atoms with Crippen LogP contribution in [-0.4, -0.2) is 17.6 Å². The third kappa shape index (κ3) is 4.39. The molecule has 0 unspecified atom stereocenters. The molecule has 4 nitrogen and oxygen atoms in total. The molecule has 2 aromatic rings. The molecule has 2 rings (SSSR count). The van der Waals surface area contributed by atoms with Crippen LogP contribution in [0.2, 0.25) is 5.02 Å². The van der Waals surface area contributed by atoms with Crippen molar-refractivity contribution in [2.75, 3.05) is 11.9 Å². The molecule has 5 heteroatoms. The summed E-state index contributed by atoms with van der Waals surface area (Å²) in [4.78, 5) is 11.8. The van der Waals surface area contributed by atoms with Crippen molar-refractivity contribution in [3.05, 3.63) is 53.1 Å². The molecule has 0 aliphatic heterocycles. The van der Waals surface area contributed by atoms with Crippen LogP contribution in [0.15, 0.2) is 42.5 Å². The number of benzene rings is 2. The van der Waals surface area contributed by atoms with E-state index in [-0.39, 0.29) is 24.7 Å². The number of hydrogen-bond acceptors (Lipinski definition) is 3. The van der Waals surface area contributed by atoms with E-state index in [9.17, 15) is 9.90 Å². The lowest BCUT2D eigenvalue weighted by molar-refractivity contribution is -0.116. The number of amides is 1. The molecule has 0 heterocycles. The van der Waals surface area contributed by atoms with Crippen LogP contribution in [0.1, 0.15) is 12.0 Å². The summed E-state index contributed by atoms with van der Waals surface area (Å²) >= 11 is 5.96. The van der Waals surface area contributed by atoms with Gasteiger partial charge in [0, 0.05) is 5.69 Å². The number of carbonyl (C=O) groups is 1. The monoisotopic (exact) mass is 305 g/mol. The Morgan fingerprint density at radius 2 is 2.05 bits per heavy atom. The Morgan fingerprint density at radius 3 is 2.76 bits per heavy atom. The molecule has 0 aliphatic carbocycles. The Balaban J connectivity index is 1.84. The normalized spacial score (nSPS) is 10.2. The molecule has 2 N–H and O–H groups in total. The number of rotatable bonds is 5. The van der Waals surface area contributed by atoms with Gasteiger partial charge in [-0.1, -0.05) is 23.7 Å². The van der Waals surface area contributed by atoms with Crippen LogP contribution in [0, 0.1) is 6.92 Å². The minimum atomic E-state index is -0.157. The summed E-state index contributed by atoms with van der Waals surface area (Å²) in [5.41, 5.74) is 1.48. The predicted molar refractivity (Wildman–Crippen MR) is 83.0 cm³/mol. The molecule has 21 heavy (non-hydrogen) atoms. The number of anilines is 1. The maximum Gasteiger partial charge on any atom is 0.227 e. The number of carbonyl (C=O) groups excluding carboxylic acids is 1. The molecule has 0 bridgehead atoms. The van der Waals surface area contributed by atoms with Crippen molar-refractivity contribution >= 4 is 23.2 Å². The lowest BCUT2D eigenvalue weighted by Crippen LogP contribution is -2.15. The Bertz CT molecular complexity index is 643. The zero-order valence-corrected chi connectivity index (χ0v) is 12.4. The van der Waals surface area contributed by atoms with Crippen molar-refractivity contribution in [3.8, 4) is 11.5 Å². The fourth-order valence-corrected chi connectivity index (χ4v) is 2.01. The molecule has 110 valence electrons. The van der Waals surface area contributed by atoms with Gasteiger partial charge in [0.25, 0.3) is 0 Å². The molecule has 0 radical (unpaired) electrons. The van der Waals surface area contributed by atoms with Gasteiger partial charge >= 0.3 is 0 Å². The highest BCUT2D eigenvalue weighted by molar-refractivity contribution is 6.32. The number of hydrogen-bond donors (Lipinski definition) is 2. The third-order valence-corrected chi connectivity index (χ3v) is 3.22. The molecule has 0 atom stereocenters. The van der Waals surface area contributed by atoms with E-state index in [2.05, 4.69) is 5.32 Å². The highest BCUT2D eigenvalue weighted by atomic mass is 35.5. The first-order valence-electron chi connectivity index (χ1n) is 6.53. The molecule has 0 saturated carbocycles. The van der Waals surface area contributed by atoms with Gasteiger partial charge in [0.15, 0.2) is 0 Å². The lowest BCUT2D eigenvalue weighted by Gasteiger charge is -2.10. The summed E-state index contributed by atoms with van der Waals surface area (Å²) in [7, 11) is 0. The standard InChI is InChI=1S/C16H16ClNO3/c1-11-10-12(19)6-7-14(11)18-16(20)8-9-21-15-5-3-2-4-13(15)17/h2-7,10,19H,8-9H2,1H3,(H,18,20). The second-order valence-electron chi connectivity index (χ2n) is 4.58. The van der Waals surface area contributed by atoms with Crippen molar-refractivity contribution in [2.45, 2.75) is 13.3 Å². The Labute approximate surface area is 128 Å². The van der Waals surface area contributed by atoms with Crippen molar-refractivity contribution in [3.63, 3.8) is 0 Å².